The van der Waals surface area contributed by atoms with Gasteiger partial charge in [-0.1, -0.05) is 60.8 Å². The van der Waals surface area contributed by atoms with E-state index in [1.165, 1.54) is 48.1 Å². The highest BCUT2D eigenvalue weighted by atomic mass is 32.1. The van der Waals surface area contributed by atoms with Gasteiger partial charge in [-0.3, -0.25) is 10.1 Å². The zero-order valence-electron chi connectivity index (χ0n) is 17.8. The molecule has 0 atom stereocenters. The van der Waals surface area contributed by atoms with E-state index in [2.05, 4.69) is 31.0 Å². The third-order valence-corrected chi connectivity index (χ3v) is 6.01. The summed E-state index contributed by atoms with van der Waals surface area (Å²) in [6, 6.07) is 9.56. The minimum atomic E-state index is -0.156. The fourth-order valence-corrected chi connectivity index (χ4v) is 4.24. The Bertz CT molecular complexity index is 1080. The predicted octanol–water partition coefficient (Wildman–Crippen LogP) is 3.71. The zero-order valence-corrected chi connectivity index (χ0v) is 18.7. The number of oxime groups is 1. The topological polar surface area (TPSA) is 107 Å². The molecule has 0 saturated heterocycles. The van der Waals surface area contributed by atoms with Crippen LogP contribution < -0.4 is 5.32 Å². The monoisotopic (exact) mass is 451 g/mol. The molecule has 32 heavy (non-hydrogen) atoms. The molecule has 0 bridgehead atoms. The minimum Gasteiger partial charge on any atom is -0.389 e. The maximum atomic E-state index is 12.2. The standard InChI is InChI=1S/C22H25N7O2S/c1-29-21(25-27-28-29)20(17-10-6-3-7-11-17)26-31-14-18-15-32-22(23-18)24-19(30)13-12-16-8-4-2-5-9-16/h3,6-7,10-13,15-16H,2,4-5,8-9,14H2,1H3,(H,23,24,30)/b13-12+,26-20+. The lowest BCUT2D eigenvalue weighted by atomic mass is 9.89. The van der Waals surface area contributed by atoms with Gasteiger partial charge in [-0.2, -0.15) is 0 Å². The highest BCUT2D eigenvalue weighted by molar-refractivity contribution is 7.13. The number of amides is 1. The van der Waals surface area contributed by atoms with E-state index >= 15 is 0 Å². The quantitative estimate of drug-likeness (QED) is 0.318. The number of anilines is 1. The van der Waals surface area contributed by atoms with Crippen LogP contribution in [-0.4, -0.2) is 36.8 Å². The second kappa shape index (κ2) is 10.8. The van der Waals surface area contributed by atoms with Gasteiger partial charge in [-0.05, 0) is 35.3 Å². The second-order valence-electron chi connectivity index (χ2n) is 7.60. The molecule has 10 heteroatoms. The summed E-state index contributed by atoms with van der Waals surface area (Å²) in [7, 11) is 1.74. The fourth-order valence-electron chi connectivity index (χ4n) is 3.54. The number of hydrogen-bond acceptors (Lipinski definition) is 8. The zero-order chi connectivity index (χ0) is 22.2. The van der Waals surface area contributed by atoms with Crippen LogP contribution in [0.15, 0.2) is 53.0 Å². The van der Waals surface area contributed by atoms with Crippen LogP contribution in [0.2, 0.25) is 0 Å². The predicted molar refractivity (Wildman–Crippen MR) is 122 cm³/mol. The SMILES string of the molecule is Cn1nnnc1/C(=N/OCc1csc(NC(=O)/C=C/C2CCCCC2)n1)c1ccccc1. The number of aryl methyl sites for hydroxylation is 1. The van der Waals surface area contributed by atoms with Crippen LogP contribution in [0.4, 0.5) is 5.13 Å². The number of nitrogens with one attached hydrogen (secondary N) is 1. The van der Waals surface area contributed by atoms with E-state index in [1.54, 1.807) is 13.1 Å². The van der Waals surface area contributed by atoms with Crippen molar-refractivity contribution in [2.24, 2.45) is 18.1 Å². The Morgan fingerprint density at radius 1 is 1.28 bits per heavy atom. The Labute approximate surface area is 190 Å². The smallest absolute Gasteiger partial charge is 0.249 e. The third kappa shape index (κ3) is 5.85. The van der Waals surface area contributed by atoms with Crippen LogP contribution in [0.3, 0.4) is 0 Å². The van der Waals surface area contributed by atoms with Crippen LogP contribution in [0.5, 0.6) is 0 Å². The Morgan fingerprint density at radius 2 is 2.09 bits per heavy atom. The molecule has 3 aromatic rings. The molecule has 1 amide bonds. The van der Waals surface area contributed by atoms with Crippen LogP contribution in [-0.2, 0) is 23.3 Å². The highest BCUT2D eigenvalue weighted by Gasteiger charge is 2.15. The number of tetrazole rings is 1. The van der Waals surface area contributed by atoms with E-state index in [0.717, 1.165) is 5.56 Å². The molecule has 0 aliphatic heterocycles. The van der Waals surface area contributed by atoms with Crippen molar-refractivity contribution in [2.45, 2.75) is 38.7 Å². The van der Waals surface area contributed by atoms with E-state index in [0.29, 0.717) is 28.3 Å². The van der Waals surface area contributed by atoms with Crippen molar-refractivity contribution in [3.8, 4) is 0 Å². The summed E-state index contributed by atoms with van der Waals surface area (Å²) in [6.07, 6.45) is 9.76. The van der Waals surface area contributed by atoms with Gasteiger partial charge < -0.3 is 4.84 Å². The molecule has 1 aliphatic rings. The first-order valence-corrected chi connectivity index (χ1v) is 11.5. The maximum absolute atomic E-state index is 12.2. The fraction of sp³-hybridized carbons (Fsp3) is 0.364. The first-order valence-electron chi connectivity index (χ1n) is 10.6. The normalized spacial score (nSPS) is 15.2. The molecule has 1 aromatic carbocycles. The average Bonchev–Trinajstić information content (AvgIpc) is 3.45. The lowest BCUT2D eigenvalue weighted by Crippen LogP contribution is -2.12. The molecule has 9 nitrogen and oxygen atoms in total. The van der Waals surface area contributed by atoms with Crippen molar-refractivity contribution in [3.63, 3.8) is 0 Å². The van der Waals surface area contributed by atoms with E-state index in [4.69, 9.17) is 4.84 Å². The number of rotatable bonds is 8. The van der Waals surface area contributed by atoms with Crippen molar-refractivity contribution < 1.29 is 9.63 Å². The van der Waals surface area contributed by atoms with Gasteiger partial charge in [-0.25, -0.2) is 9.67 Å². The van der Waals surface area contributed by atoms with Gasteiger partial charge in [-0.15, -0.1) is 16.4 Å². The second-order valence-corrected chi connectivity index (χ2v) is 8.45. The summed E-state index contributed by atoms with van der Waals surface area (Å²) in [5, 5.41) is 21.0. The van der Waals surface area contributed by atoms with Gasteiger partial charge >= 0.3 is 0 Å². The molecule has 2 heterocycles. The van der Waals surface area contributed by atoms with E-state index in [9.17, 15) is 4.79 Å². The number of nitrogens with zero attached hydrogens (tertiary/aromatic N) is 6. The number of benzene rings is 1. The number of thiazole rings is 1. The van der Waals surface area contributed by atoms with Crippen LogP contribution in [0.1, 0.15) is 49.2 Å². The third-order valence-electron chi connectivity index (χ3n) is 5.20. The van der Waals surface area contributed by atoms with Gasteiger partial charge in [0.1, 0.15) is 0 Å². The van der Waals surface area contributed by atoms with E-state index in [-0.39, 0.29) is 12.5 Å². The van der Waals surface area contributed by atoms with Crippen molar-refractivity contribution in [1.29, 1.82) is 0 Å². The summed E-state index contributed by atoms with van der Waals surface area (Å²) in [4.78, 5) is 22.1. The first kappa shape index (κ1) is 21.8. The van der Waals surface area contributed by atoms with Crippen LogP contribution in [0.25, 0.3) is 0 Å². The molecule has 1 saturated carbocycles. The van der Waals surface area contributed by atoms with Gasteiger partial charge in [0.2, 0.25) is 11.7 Å². The molecule has 1 N–H and O–H groups in total. The highest BCUT2D eigenvalue weighted by Crippen LogP contribution is 2.24. The van der Waals surface area contributed by atoms with Crippen molar-refractivity contribution in [1.82, 2.24) is 25.2 Å². The Balaban J connectivity index is 1.35. The molecular formula is C22H25N7O2S. The summed E-state index contributed by atoms with van der Waals surface area (Å²) < 4.78 is 1.53. The molecule has 0 spiro atoms. The molecule has 4 rings (SSSR count). The summed E-state index contributed by atoms with van der Waals surface area (Å²) >= 11 is 1.35. The van der Waals surface area contributed by atoms with Gasteiger partial charge in [0.05, 0.1) is 5.69 Å². The molecular weight excluding hydrogens is 426 g/mol. The molecule has 1 aliphatic carbocycles. The van der Waals surface area contributed by atoms with Crippen LogP contribution in [0, 0.1) is 5.92 Å². The summed E-state index contributed by atoms with van der Waals surface area (Å²) in [5.74, 6) is 0.847. The summed E-state index contributed by atoms with van der Waals surface area (Å²) in [6.45, 7) is 0.159. The van der Waals surface area contributed by atoms with Crippen molar-refractivity contribution >= 4 is 28.1 Å². The lowest BCUT2D eigenvalue weighted by molar-refractivity contribution is -0.111. The van der Waals surface area contributed by atoms with Gasteiger partial charge in [0.15, 0.2) is 17.5 Å². The van der Waals surface area contributed by atoms with Crippen molar-refractivity contribution in [2.75, 3.05) is 5.32 Å². The maximum Gasteiger partial charge on any atom is 0.249 e. The molecule has 166 valence electrons. The largest absolute Gasteiger partial charge is 0.389 e. The molecule has 0 unspecified atom stereocenters. The van der Waals surface area contributed by atoms with E-state index < -0.39 is 0 Å². The average molecular weight is 452 g/mol. The molecule has 2 aromatic heterocycles. The number of carbonyl (C=O) groups is 1. The number of carbonyl (C=O) groups excluding carboxylic acids is 1. The minimum absolute atomic E-state index is 0.156. The first-order chi connectivity index (χ1) is 15.7. The van der Waals surface area contributed by atoms with Gasteiger partial charge in [0, 0.05) is 18.0 Å². The Morgan fingerprint density at radius 3 is 2.84 bits per heavy atom. The number of aromatic nitrogens is 5. The molecule has 0 radical (unpaired) electrons. The number of allylic oxidation sites excluding steroid dienone is 1. The molecule has 1 fully saturated rings. The van der Waals surface area contributed by atoms with Crippen LogP contribution >= 0.6 is 11.3 Å². The van der Waals surface area contributed by atoms with Gasteiger partial charge in [0.25, 0.3) is 0 Å². The Hall–Kier alpha value is -3.40. The van der Waals surface area contributed by atoms with E-state index in [1.807, 2.05) is 41.8 Å². The lowest BCUT2D eigenvalue weighted by Gasteiger charge is -2.17. The van der Waals surface area contributed by atoms with Crippen molar-refractivity contribution in [3.05, 3.63) is 64.9 Å². The summed E-state index contributed by atoms with van der Waals surface area (Å²) in [5.41, 5.74) is 2.03. The number of hydrogen-bond donors (Lipinski definition) is 1. The Kier molecular flexibility index (Phi) is 7.34.